The molecule has 0 aliphatic carbocycles. The topological polar surface area (TPSA) is 121 Å². The predicted octanol–water partition coefficient (Wildman–Crippen LogP) is -3.29. The Hall–Kier alpha value is -0.290. The zero-order valence-electron chi connectivity index (χ0n) is 16.3. The third-order valence-electron chi connectivity index (χ3n) is 4.08. The fourth-order valence-corrected chi connectivity index (χ4v) is 3.54. The Morgan fingerprint density at radius 1 is 1.37 bits per heavy atom. The summed E-state index contributed by atoms with van der Waals surface area (Å²) >= 11 is 0. The summed E-state index contributed by atoms with van der Waals surface area (Å²) in [5.74, 6) is -0.594. The van der Waals surface area contributed by atoms with Gasteiger partial charge in [-0.15, -0.1) is 0 Å². The molecule has 8 nitrogen and oxygen atoms in total. The van der Waals surface area contributed by atoms with E-state index < -0.39 is 22.0 Å². The summed E-state index contributed by atoms with van der Waals surface area (Å²) in [5, 5.41) is 19.0. The van der Waals surface area contributed by atoms with Crippen LogP contribution in [0.25, 0.3) is 0 Å². The molecule has 150 valence electrons. The number of aliphatic hydroxyl groups excluding tert-OH is 2. The number of unbranched alkanes of at least 4 members (excludes halogenated alkanes) is 2. The van der Waals surface area contributed by atoms with Gasteiger partial charge in [-0.3, -0.25) is 14.3 Å². The molecule has 0 fully saturated rings. The molecule has 1 aliphatic rings. The molecule has 1 rings (SSSR count). The van der Waals surface area contributed by atoms with Crippen molar-refractivity contribution in [3.05, 3.63) is 12.2 Å². The van der Waals surface area contributed by atoms with E-state index in [0.29, 0.717) is 38.3 Å². The van der Waals surface area contributed by atoms with Gasteiger partial charge in [0.2, 0.25) is 5.78 Å². The van der Waals surface area contributed by atoms with Gasteiger partial charge < -0.3 is 14.8 Å². The van der Waals surface area contributed by atoms with Gasteiger partial charge in [-0.1, -0.05) is 25.5 Å². The largest absolute Gasteiger partial charge is 1.00 e. The van der Waals surface area contributed by atoms with Crippen LogP contribution in [0.2, 0.25) is 0 Å². The molecular weight excluding hydrogens is 383 g/mol. The molecule has 1 aliphatic heterocycles. The third kappa shape index (κ3) is 10.7. The van der Waals surface area contributed by atoms with Crippen molar-refractivity contribution in [2.45, 2.75) is 45.1 Å². The first-order valence-electron chi connectivity index (χ1n) is 9.06. The molecule has 0 amide bonds. The maximum Gasteiger partial charge on any atom is 1.00 e. The van der Waals surface area contributed by atoms with Crippen molar-refractivity contribution >= 4 is 21.7 Å². The molecule has 0 radical (unpaired) electrons. The van der Waals surface area contributed by atoms with Gasteiger partial charge in [0, 0.05) is 6.42 Å². The van der Waals surface area contributed by atoms with Gasteiger partial charge in [0.25, 0.3) is 0 Å². The second kappa shape index (κ2) is 13.8. The monoisotopic (exact) mass is 413 g/mol. The summed E-state index contributed by atoms with van der Waals surface area (Å²) in [5.41, 5.74) is 0. The summed E-state index contributed by atoms with van der Waals surface area (Å²) in [6.07, 6.45) is 6.73. The van der Waals surface area contributed by atoms with Crippen LogP contribution in [0.1, 0.15) is 39.0 Å². The van der Waals surface area contributed by atoms with Crippen molar-refractivity contribution < 1.29 is 62.1 Å². The van der Waals surface area contributed by atoms with E-state index in [9.17, 15) is 28.0 Å². The molecule has 0 aromatic heterocycles. The summed E-state index contributed by atoms with van der Waals surface area (Å²) in [6, 6.07) is 0. The van der Waals surface area contributed by atoms with Crippen molar-refractivity contribution in [3.8, 4) is 0 Å². The summed E-state index contributed by atoms with van der Waals surface area (Å²) in [6.45, 7) is 3.14. The summed E-state index contributed by atoms with van der Waals surface area (Å²) in [7, 11) is -4.53. The average Bonchev–Trinajstić information content (AvgIpc) is 2.91. The fraction of sp³-hybridized carbons (Fsp3) is 0.765. The van der Waals surface area contributed by atoms with E-state index in [2.05, 4.69) is 19.1 Å². The van der Waals surface area contributed by atoms with Gasteiger partial charge in [0.15, 0.2) is 0 Å². The van der Waals surface area contributed by atoms with Gasteiger partial charge in [-0.2, -0.15) is 0 Å². The minimum Gasteiger partial charge on any atom is -0.748 e. The molecule has 27 heavy (non-hydrogen) atoms. The first-order chi connectivity index (χ1) is 12.3. The Kier molecular flexibility index (Phi) is 13.7. The molecule has 0 aromatic rings. The third-order valence-corrected chi connectivity index (χ3v) is 4.88. The van der Waals surface area contributed by atoms with E-state index in [1.54, 1.807) is 9.48 Å². The maximum absolute atomic E-state index is 12.6. The Morgan fingerprint density at radius 2 is 2.04 bits per heavy atom. The predicted molar refractivity (Wildman–Crippen MR) is 97.1 cm³/mol. The number of carbonyl (C=O) groups is 1. The molecule has 1 heterocycles. The number of rotatable bonds is 13. The van der Waals surface area contributed by atoms with Crippen molar-refractivity contribution in [3.63, 3.8) is 0 Å². The second-order valence-corrected chi connectivity index (χ2v) is 7.88. The maximum atomic E-state index is 12.6. The Morgan fingerprint density at radius 3 is 2.63 bits per heavy atom. The number of nitrogens with zero attached hydrogens (tertiary/aromatic N) is 2. The minimum atomic E-state index is -4.53. The van der Waals surface area contributed by atoms with Crippen LogP contribution in [0, 0.1) is 0 Å². The van der Waals surface area contributed by atoms with Crippen LogP contribution in [-0.4, -0.2) is 88.9 Å². The zero-order valence-corrected chi connectivity index (χ0v) is 19.2. The quantitative estimate of drug-likeness (QED) is 0.107. The molecule has 0 bridgehead atoms. The first kappa shape index (κ1) is 26.7. The number of carbonyl (C=O) groups excluding carboxylic acids is 1. The number of ketones is 1. The van der Waals surface area contributed by atoms with E-state index in [0.717, 1.165) is 19.3 Å². The normalized spacial score (nSPS) is 16.1. The first-order valence-corrected chi connectivity index (χ1v) is 10.6. The molecule has 0 saturated heterocycles. The second-order valence-electron chi connectivity index (χ2n) is 6.43. The van der Waals surface area contributed by atoms with E-state index in [4.69, 9.17) is 0 Å². The Bertz CT molecular complexity index is 621. The molecule has 1 unspecified atom stereocenters. The summed E-state index contributed by atoms with van der Waals surface area (Å²) < 4.78 is 34.0. The number of hydrogen-bond acceptors (Lipinski definition) is 7. The van der Waals surface area contributed by atoms with Crippen LogP contribution in [-0.2, 0) is 14.9 Å². The Labute approximate surface area is 184 Å². The van der Waals surface area contributed by atoms with Crippen molar-refractivity contribution in [2.75, 3.05) is 38.5 Å². The van der Waals surface area contributed by atoms with Crippen LogP contribution >= 0.6 is 0 Å². The summed E-state index contributed by atoms with van der Waals surface area (Å²) in [4.78, 5) is 14.4. The van der Waals surface area contributed by atoms with E-state index in [1.807, 2.05) is 0 Å². The van der Waals surface area contributed by atoms with E-state index in [-0.39, 0.29) is 48.5 Å². The van der Waals surface area contributed by atoms with Crippen molar-refractivity contribution in [2.24, 2.45) is 0 Å². The van der Waals surface area contributed by atoms with Crippen LogP contribution in [0.5, 0.6) is 0 Å². The molecule has 2 N–H and O–H groups in total. The van der Waals surface area contributed by atoms with E-state index >= 15 is 0 Å². The standard InChI is InChI=1S/C17H30N2O6S.Na/c1-2-3-4-5-6-7-8-16(22)17-18(11-12-20)9-10-19(17)13-15(21)14-26(23,24)25;/h4-5,15,20-21H,2-3,6-14H2,1H3;/q;+1/b5-4+;. The molecule has 10 heteroatoms. The van der Waals surface area contributed by atoms with Gasteiger partial charge in [-0.25, -0.2) is 8.42 Å². The molecule has 1 atom stereocenters. The molecule has 0 saturated carbocycles. The van der Waals surface area contributed by atoms with Crippen LogP contribution in [0.4, 0.5) is 0 Å². The Balaban J connectivity index is 0.00000676. The minimum absolute atomic E-state index is 0. The van der Waals surface area contributed by atoms with Crippen LogP contribution in [0.3, 0.4) is 0 Å². The number of Topliss-reactive ketones (excluding diaryl/α,β-unsaturated/α-hetero) is 1. The SMILES string of the molecule is CCC/C=C/CCCC(=O)C1=[N+](CC(O)CS(=O)(=O)[O-])CCN1CCO.[Na+]. The number of aliphatic hydroxyl groups is 2. The van der Waals surface area contributed by atoms with Crippen LogP contribution in [0.15, 0.2) is 12.2 Å². The van der Waals surface area contributed by atoms with Crippen LogP contribution < -0.4 is 29.6 Å². The number of allylic oxidation sites excluding steroid dienone is 2. The van der Waals surface area contributed by atoms with Crippen molar-refractivity contribution in [1.29, 1.82) is 0 Å². The van der Waals surface area contributed by atoms with E-state index in [1.165, 1.54) is 0 Å². The molecule has 0 spiro atoms. The smallest absolute Gasteiger partial charge is 0.748 e. The molecule has 0 aromatic carbocycles. The van der Waals surface area contributed by atoms with Gasteiger partial charge in [0.1, 0.15) is 32.3 Å². The average molecular weight is 413 g/mol. The number of hydrogen-bond donors (Lipinski definition) is 2. The zero-order chi connectivity index (χ0) is 19.6. The number of amidine groups is 1. The van der Waals surface area contributed by atoms with Gasteiger partial charge in [-0.05, 0) is 19.3 Å². The number of β-amino-alcohol motifs (C(OH)–C–C–N with tert-alkyl or cyclic N) is 2. The fourth-order valence-electron chi connectivity index (χ4n) is 2.96. The van der Waals surface area contributed by atoms with Gasteiger partial charge in [0.05, 0.1) is 22.5 Å². The molecular formula is C17H30N2NaO6S+. The van der Waals surface area contributed by atoms with Crippen molar-refractivity contribution in [1.82, 2.24) is 4.90 Å². The van der Waals surface area contributed by atoms with Gasteiger partial charge >= 0.3 is 35.4 Å².